The molecule has 2 heterocycles. The minimum Gasteiger partial charge on any atom is -0.453 e. The molecule has 3 nitrogen and oxygen atoms in total. The topological polar surface area (TPSA) is 25.4 Å². The highest BCUT2D eigenvalue weighted by Crippen LogP contribution is 2.32. The van der Waals surface area contributed by atoms with Crippen LogP contribution < -0.4 is 9.64 Å². The smallest absolute Gasteiger partial charge is 0.172 e. The zero-order chi connectivity index (χ0) is 11.5. The Bertz CT molecular complexity index is 495. The van der Waals surface area contributed by atoms with Gasteiger partial charge < -0.3 is 9.64 Å². The number of anilines is 1. The van der Waals surface area contributed by atoms with Gasteiger partial charge in [-0.25, -0.2) is 4.98 Å². The van der Waals surface area contributed by atoms with Gasteiger partial charge in [0, 0.05) is 19.3 Å². The normalized spacial score (nSPS) is 14.2. The zero-order valence-corrected chi connectivity index (χ0v) is 9.54. The first-order chi connectivity index (χ1) is 8.43. The summed E-state index contributed by atoms with van der Waals surface area (Å²) in [6.07, 6.45) is 3.05. The molecule has 3 heteroatoms. The van der Waals surface area contributed by atoms with Gasteiger partial charge in [0.25, 0.3) is 0 Å². The van der Waals surface area contributed by atoms with Crippen LogP contribution in [0.5, 0.6) is 11.5 Å². The Morgan fingerprint density at radius 1 is 1.00 bits per heavy atom. The summed E-state index contributed by atoms with van der Waals surface area (Å²) in [5, 5.41) is 0. The molecule has 1 saturated heterocycles. The van der Waals surface area contributed by atoms with E-state index in [9.17, 15) is 0 Å². The third-order valence-electron chi connectivity index (χ3n) is 2.88. The van der Waals surface area contributed by atoms with Crippen molar-refractivity contribution in [1.29, 1.82) is 0 Å². The van der Waals surface area contributed by atoms with Gasteiger partial charge in [-0.3, -0.25) is 0 Å². The van der Waals surface area contributed by atoms with Gasteiger partial charge in [-0.2, -0.15) is 0 Å². The second-order valence-electron chi connectivity index (χ2n) is 4.08. The molecule has 0 aliphatic carbocycles. The van der Waals surface area contributed by atoms with E-state index in [1.165, 1.54) is 6.42 Å². The summed E-state index contributed by atoms with van der Waals surface area (Å²) in [5.41, 5.74) is 0. The van der Waals surface area contributed by atoms with Crippen molar-refractivity contribution in [3.8, 4) is 11.5 Å². The van der Waals surface area contributed by atoms with Gasteiger partial charge >= 0.3 is 0 Å². The van der Waals surface area contributed by atoms with Crippen LogP contribution in [0.25, 0.3) is 0 Å². The van der Waals surface area contributed by atoms with Crippen LogP contribution in [0.3, 0.4) is 0 Å². The number of ether oxygens (including phenoxy) is 1. The minimum absolute atomic E-state index is 0.832. The first kappa shape index (κ1) is 10.1. The molecule has 1 aliphatic rings. The van der Waals surface area contributed by atoms with Crippen molar-refractivity contribution in [1.82, 2.24) is 4.98 Å². The fraction of sp³-hybridized carbons (Fsp3) is 0.214. The highest BCUT2D eigenvalue weighted by atomic mass is 16.5. The quantitative estimate of drug-likeness (QED) is 0.804. The molecule has 86 valence electrons. The van der Waals surface area contributed by atoms with Crippen LogP contribution in [-0.4, -0.2) is 18.1 Å². The minimum atomic E-state index is 0.832. The molecule has 1 aliphatic heterocycles. The standard InChI is InChI=1S/C14H14N2O/c1-2-6-12(7-3-1)17-13-8-4-9-15-14(13)16-10-5-11-16/h1-4,6-9H,5,10-11H2. The Morgan fingerprint density at radius 3 is 2.53 bits per heavy atom. The summed E-state index contributed by atoms with van der Waals surface area (Å²) in [4.78, 5) is 6.63. The van der Waals surface area contributed by atoms with E-state index in [4.69, 9.17) is 4.74 Å². The second-order valence-corrected chi connectivity index (χ2v) is 4.08. The van der Waals surface area contributed by atoms with Crippen molar-refractivity contribution in [2.45, 2.75) is 6.42 Å². The maximum absolute atomic E-state index is 5.86. The fourth-order valence-corrected chi connectivity index (χ4v) is 1.84. The third-order valence-corrected chi connectivity index (χ3v) is 2.88. The van der Waals surface area contributed by atoms with Gasteiger partial charge in [0.05, 0.1) is 0 Å². The lowest BCUT2D eigenvalue weighted by Gasteiger charge is -2.32. The van der Waals surface area contributed by atoms with Crippen LogP contribution in [0.4, 0.5) is 5.82 Å². The molecule has 0 amide bonds. The van der Waals surface area contributed by atoms with Gasteiger partial charge in [0.2, 0.25) is 0 Å². The molecular formula is C14H14N2O. The maximum Gasteiger partial charge on any atom is 0.172 e. The molecule has 1 fully saturated rings. The zero-order valence-electron chi connectivity index (χ0n) is 9.54. The number of rotatable bonds is 3. The van der Waals surface area contributed by atoms with E-state index in [1.807, 2.05) is 48.7 Å². The van der Waals surface area contributed by atoms with E-state index in [0.717, 1.165) is 30.4 Å². The summed E-state index contributed by atoms with van der Waals surface area (Å²) < 4.78 is 5.86. The van der Waals surface area contributed by atoms with Gasteiger partial charge in [0.15, 0.2) is 11.6 Å². The highest BCUT2D eigenvalue weighted by molar-refractivity contribution is 5.54. The number of hydrogen-bond donors (Lipinski definition) is 0. The molecular weight excluding hydrogens is 212 g/mol. The van der Waals surface area contributed by atoms with E-state index < -0.39 is 0 Å². The number of pyridine rings is 1. The molecule has 3 rings (SSSR count). The summed E-state index contributed by atoms with van der Waals surface area (Å²) in [7, 11) is 0. The van der Waals surface area contributed by atoms with Crippen molar-refractivity contribution >= 4 is 5.82 Å². The monoisotopic (exact) mass is 226 g/mol. The van der Waals surface area contributed by atoms with Crippen molar-refractivity contribution in [3.05, 3.63) is 48.7 Å². The summed E-state index contributed by atoms with van der Waals surface area (Å²) in [5.74, 6) is 2.63. The van der Waals surface area contributed by atoms with E-state index in [-0.39, 0.29) is 0 Å². The Morgan fingerprint density at radius 2 is 1.82 bits per heavy atom. The van der Waals surface area contributed by atoms with Gasteiger partial charge in [-0.05, 0) is 30.7 Å². The predicted molar refractivity (Wildman–Crippen MR) is 67.6 cm³/mol. The lowest BCUT2D eigenvalue weighted by molar-refractivity contribution is 0.473. The number of benzene rings is 1. The molecule has 0 N–H and O–H groups in total. The lowest BCUT2D eigenvalue weighted by atomic mass is 10.2. The first-order valence-corrected chi connectivity index (χ1v) is 5.86. The van der Waals surface area contributed by atoms with Crippen molar-refractivity contribution in [2.24, 2.45) is 0 Å². The van der Waals surface area contributed by atoms with E-state index in [1.54, 1.807) is 0 Å². The average Bonchev–Trinajstić information content (AvgIpc) is 2.31. The van der Waals surface area contributed by atoms with E-state index in [0.29, 0.717) is 0 Å². The third kappa shape index (κ3) is 2.09. The van der Waals surface area contributed by atoms with Crippen LogP contribution in [-0.2, 0) is 0 Å². The van der Waals surface area contributed by atoms with E-state index >= 15 is 0 Å². The first-order valence-electron chi connectivity index (χ1n) is 5.86. The van der Waals surface area contributed by atoms with Crippen LogP contribution in [0, 0.1) is 0 Å². The van der Waals surface area contributed by atoms with Gasteiger partial charge in [-0.15, -0.1) is 0 Å². The molecule has 1 aromatic carbocycles. The number of nitrogens with zero attached hydrogens (tertiary/aromatic N) is 2. The van der Waals surface area contributed by atoms with Crippen LogP contribution in [0.2, 0.25) is 0 Å². The predicted octanol–water partition coefficient (Wildman–Crippen LogP) is 3.08. The lowest BCUT2D eigenvalue weighted by Crippen LogP contribution is -2.37. The van der Waals surface area contributed by atoms with Gasteiger partial charge in [0.1, 0.15) is 5.75 Å². The molecule has 2 aromatic rings. The molecule has 0 unspecified atom stereocenters. The second kappa shape index (κ2) is 4.45. The Hall–Kier alpha value is -2.03. The largest absolute Gasteiger partial charge is 0.453 e. The molecule has 0 saturated carbocycles. The van der Waals surface area contributed by atoms with E-state index in [2.05, 4.69) is 9.88 Å². The SMILES string of the molecule is c1ccc(Oc2cccnc2N2CCC2)cc1. The molecule has 0 bridgehead atoms. The summed E-state index contributed by atoms with van der Waals surface area (Å²) in [6.45, 7) is 2.14. The van der Waals surface area contributed by atoms with Crippen molar-refractivity contribution < 1.29 is 4.74 Å². The average molecular weight is 226 g/mol. The molecule has 1 aromatic heterocycles. The van der Waals surface area contributed by atoms with Crippen LogP contribution >= 0.6 is 0 Å². The maximum atomic E-state index is 5.86. The van der Waals surface area contributed by atoms with Gasteiger partial charge in [-0.1, -0.05) is 18.2 Å². The Labute approximate surface area is 101 Å². The fourth-order valence-electron chi connectivity index (χ4n) is 1.84. The van der Waals surface area contributed by atoms with Crippen LogP contribution in [0.15, 0.2) is 48.7 Å². The molecule has 0 atom stereocenters. The number of hydrogen-bond acceptors (Lipinski definition) is 3. The molecule has 0 spiro atoms. The summed E-state index contributed by atoms with van der Waals surface area (Å²) >= 11 is 0. The number of aromatic nitrogens is 1. The molecule has 0 radical (unpaired) electrons. The van der Waals surface area contributed by atoms with Crippen molar-refractivity contribution in [3.63, 3.8) is 0 Å². The molecule has 17 heavy (non-hydrogen) atoms. The Kier molecular flexibility index (Phi) is 2.66. The van der Waals surface area contributed by atoms with Crippen molar-refractivity contribution in [2.75, 3.05) is 18.0 Å². The highest BCUT2D eigenvalue weighted by Gasteiger charge is 2.19. The van der Waals surface area contributed by atoms with Crippen LogP contribution in [0.1, 0.15) is 6.42 Å². The Balaban J connectivity index is 1.87. The number of para-hydroxylation sites is 1. The summed E-state index contributed by atoms with van der Waals surface area (Å²) in [6, 6.07) is 13.7.